The van der Waals surface area contributed by atoms with E-state index in [0.717, 1.165) is 12.1 Å². The number of nitrogen functional groups attached to an aromatic ring is 1. The van der Waals surface area contributed by atoms with Gasteiger partial charge in [-0.15, -0.1) is 11.8 Å². The summed E-state index contributed by atoms with van der Waals surface area (Å²) in [5, 5.41) is 8.80. The normalized spacial score (nSPS) is 12.8. The molecule has 7 heteroatoms. The molecule has 0 aromatic heterocycles. The molecule has 0 saturated carbocycles. The second-order valence-corrected chi connectivity index (χ2v) is 5.12. The number of thioether (sulfide) groups is 1. The smallest absolute Gasteiger partial charge is 0.387 e. The maximum Gasteiger partial charge on any atom is 0.387 e. The van der Waals surface area contributed by atoms with E-state index in [0.29, 0.717) is 11.3 Å². The van der Waals surface area contributed by atoms with E-state index >= 15 is 0 Å². The van der Waals surface area contributed by atoms with E-state index in [1.807, 2.05) is 6.92 Å². The highest BCUT2D eigenvalue weighted by Crippen LogP contribution is 2.35. The van der Waals surface area contributed by atoms with E-state index in [4.69, 9.17) is 10.8 Å². The largest absolute Gasteiger partial charge is 0.432 e. The molecule has 0 fully saturated rings. The van der Waals surface area contributed by atoms with Crippen molar-refractivity contribution in [3.05, 3.63) is 17.9 Å². The van der Waals surface area contributed by atoms with Crippen molar-refractivity contribution in [3.63, 3.8) is 0 Å². The van der Waals surface area contributed by atoms with E-state index in [2.05, 4.69) is 4.74 Å². The molecule has 0 radical (unpaired) electrons. The van der Waals surface area contributed by atoms with Crippen LogP contribution in [0.1, 0.15) is 13.3 Å². The van der Waals surface area contributed by atoms with Gasteiger partial charge in [-0.3, -0.25) is 0 Å². The molecule has 0 heterocycles. The second-order valence-electron chi connectivity index (χ2n) is 3.64. The maximum absolute atomic E-state index is 13.3. The highest BCUT2D eigenvalue weighted by atomic mass is 32.2. The number of halogens is 3. The standard InChI is InChI=1S/C11H14F3NO2S/c1-6(2-3-16)18-10-5-9(17-11(13)14)7(12)4-8(10)15/h4-6,11,16H,2-3,15H2,1H3. The number of alkyl halides is 2. The molecule has 102 valence electrons. The number of aliphatic hydroxyl groups is 1. The predicted molar refractivity (Wildman–Crippen MR) is 64.5 cm³/mol. The van der Waals surface area contributed by atoms with Gasteiger partial charge >= 0.3 is 6.61 Å². The van der Waals surface area contributed by atoms with Crippen molar-refractivity contribution < 1.29 is 23.0 Å². The molecule has 1 rings (SSSR count). The van der Waals surface area contributed by atoms with Crippen molar-refractivity contribution in [1.29, 1.82) is 0 Å². The topological polar surface area (TPSA) is 55.5 Å². The Hall–Kier alpha value is -1.08. The fourth-order valence-electron chi connectivity index (χ4n) is 1.30. The van der Waals surface area contributed by atoms with E-state index in [1.54, 1.807) is 0 Å². The van der Waals surface area contributed by atoms with Crippen molar-refractivity contribution in [2.75, 3.05) is 12.3 Å². The first-order valence-corrected chi connectivity index (χ1v) is 6.13. The first kappa shape index (κ1) is 15.0. The van der Waals surface area contributed by atoms with E-state index < -0.39 is 18.2 Å². The lowest BCUT2D eigenvalue weighted by Crippen LogP contribution is -2.06. The van der Waals surface area contributed by atoms with Crippen molar-refractivity contribution in [3.8, 4) is 5.75 Å². The average molecular weight is 281 g/mol. The Balaban J connectivity index is 2.90. The van der Waals surface area contributed by atoms with Crippen LogP contribution in [-0.4, -0.2) is 23.6 Å². The van der Waals surface area contributed by atoms with E-state index in [1.165, 1.54) is 11.8 Å². The molecule has 1 atom stereocenters. The van der Waals surface area contributed by atoms with Crippen molar-refractivity contribution in [2.45, 2.75) is 30.1 Å². The first-order chi connectivity index (χ1) is 8.43. The number of aliphatic hydroxyl groups excluding tert-OH is 1. The van der Waals surface area contributed by atoms with Crippen LogP contribution in [0.3, 0.4) is 0 Å². The summed E-state index contributed by atoms with van der Waals surface area (Å²) in [7, 11) is 0. The van der Waals surface area contributed by atoms with Gasteiger partial charge in [0.1, 0.15) is 0 Å². The number of hydrogen-bond donors (Lipinski definition) is 2. The molecule has 1 unspecified atom stereocenters. The number of ether oxygens (including phenoxy) is 1. The third-order valence-electron chi connectivity index (χ3n) is 2.14. The Bertz CT molecular complexity index is 404. The third kappa shape index (κ3) is 4.30. The van der Waals surface area contributed by atoms with Crippen LogP contribution in [-0.2, 0) is 0 Å². The lowest BCUT2D eigenvalue weighted by molar-refractivity contribution is -0.0523. The molecular weight excluding hydrogens is 267 g/mol. The number of rotatable bonds is 6. The number of hydrogen-bond acceptors (Lipinski definition) is 4. The van der Waals surface area contributed by atoms with Crippen molar-refractivity contribution in [2.24, 2.45) is 0 Å². The molecule has 0 bridgehead atoms. The molecule has 0 aliphatic carbocycles. The molecule has 0 saturated heterocycles. The Morgan fingerprint density at radius 1 is 1.44 bits per heavy atom. The summed E-state index contributed by atoms with van der Waals surface area (Å²) in [5.74, 6) is -1.45. The molecule has 3 nitrogen and oxygen atoms in total. The van der Waals surface area contributed by atoms with Gasteiger partial charge in [0.2, 0.25) is 0 Å². The molecule has 3 N–H and O–H groups in total. The summed E-state index contributed by atoms with van der Waals surface area (Å²) in [5.41, 5.74) is 5.76. The van der Waals surface area contributed by atoms with Crippen LogP contribution in [0.2, 0.25) is 0 Å². The van der Waals surface area contributed by atoms with Gasteiger partial charge in [-0.25, -0.2) is 4.39 Å². The Kier molecular flexibility index (Phi) is 5.61. The summed E-state index contributed by atoms with van der Waals surface area (Å²) in [6, 6.07) is 2.10. The summed E-state index contributed by atoms with van der Waals surface area (Å²) in [6.45, 7) is -1.23. The van der Waals surface area contributed by atoms with Crippen molar-refractivity contribution in [1.82, 2.24) is 0 Å². The first-order valence-electron chi connectivity index (χ1n) is 5.25. The lowest BCUT2D eigenvalue weighted by Gasteiger charge is -2.14. The fourth-order valence-corrected chi connectivity index (χ4v) is 2.32. The molecule has 0 spiro atoms. The van der Waals surface area contributed by atoms with Crippen molar-refractivity contribution >= 4 is 17.4 Å². The molecule has 1 aromatic carbocycles. The van der Waals surface area contributed by atoms with Crippen LogP contribution >= 0.6 is 11.8 Å². The fraction of sp³-hybridized carbons (Fsp3) is 0.455. The summed E-state index contributed by atoms with van der Waals surface area (Å²) >= 11 is 1.27. The minimum Gasteiger partial charge on any atom is -0.432 e. The predicted octanol–water partition coefficient (Wildman–Crippen LogP) is 2.87. The minimum atomic E-state index is -3.09. The number of nitrogens with two attached hydrogens (primary N) is 1. The van der Waals surface area contributed by atoms with Crippen LogP contribution in [0.25, 0.3) is 0 Å². The zero-order valence-electron chi connectivity index (χ0n) is 9.70. The number of anilines is 1. The molecule has 0 aliphatic rings. The van der Waals surface area contributed by atoms with Crippen LogP contribution in [0, 0.1) is 5.82 Å². The molecular formula is C11H14F3NO2S. The van der Waals surface area contributed by atoms with Gasteiger partial charge in [0, 0.05) is 28.5 Å². The van der Waals surface area contributed by atoms with Gasteiger partial charge in [-0.05, 0) is 12.5 Å². The summed E-state index contributed by atoms with van der Waals surface area (Å²) < 4.78 is 41.5. The average Bonchev–Trinajstić information content (AvgIpc) is 2.24. The zero-order chi connectivity index (χ0) is 13.7. The zero-order valence-corrected chi connectivity index (χ0v) is 10.5. The Morgan fingerprint density at radius 3 is 2.67 bits per heavy atom. The molecule has 0 aliphatic heterocycles. The van der Waals surface area contributed by atoms with Gasteiger partial charge in [0.25, 0.3) is 0 Å². The lowest BCUT2D eigenvalue weighted by atomic mass is 10.3. The third-order valence-corrected chi connectivity index (χ3v) is 3.39. The van der Waals surface area contributed by atoms with Crippen LogP contribution < -0.4 is 10.5 Å². The van der Waals surface area contributed by atoms with Gasteiger partial charge in [0.05, 0.1) is 0 Å². The summed E-state index contributed by atoms with van der Waals surface area (Å²) in [6.07, 6.45) is 0.520. The second kappa shape index (κ2) is 6.75. The van der Waals surface area contributed by atoms with E-state index in [-0.39, 0.29) is 17.5 Å². The molecule has 0 amide bonds. The SMILES string of the molecule is CC(CCO)Sc1cc(OC(F)F)c(F)cc1N. The van der Waals surface area contributed by atoms with E-state index in [9.17, 15) is 13.2 Å². The van der Waals surface area contributed by atoms with Crippen LogP contribution in [0.15, 0.2) is 17.0 Å². The number of benzene rings is 1. The van der Waals surface area contributed by atoms with Gasteiger partial charge in [-0.1, -0.05) is 6.92 Å². The Labute approximate surface area is 107 Å². The van der Waals surface area contributed by atoms with Gasteiger partial charge < -0.3 is 15.6 Å². The Morgan fingerprint density at radius 2 is 2.11 bits per heavy atom. The molecule has 18 heavy (non-hydrogen) atoms. The van der Waals surface area contributed by atoms with Crippen LogP contribution in [0.4, 0.5) is 18.9 Å². The highest BCUT2D eigenvalue weighted by Gasteiger charge is 2.15. The maximum atomic E-state index is 13.3. The van der Waals surface area contributed by atoms with Gasteiger partial charge in [0.15, 0.2) is 11.6 Å². The van der Waals surface area contributed by atoms with Crippen LogP contribution in [0.5, 0.6) is 5.75 Å². The quantitative estimate of drug-likeness (QED) is 0.622. The minimum absolute atomic E-state index is 0.00958. The monoisotopic (exact) mass is 281 g/mol. The summed E-state index contributed by atoms with van der Waals surface area (Å²) in [4.78, 5) is 0.452. The highest BCUT2D eigenvalue weighted by molar-refractivity contribution is 8.00. The molecule has 1 aromatic rings. The van der Waals surface area contributed by atoms with Gasteiger partial charge in [-0.2, -0.15) is 8.78 Å².